The van der Waals surface area contributed by atoms with Crippen molar-refractivity contribution in [3.8, 4) is 0 Å². The summed E-state index contributed by atoms with van der Waals surface area (Å²) in [5, 5.41) is 14.6. The fraction of sp³-hybridized carbons (Fsp3) is 0.308. The number of benzene rings is 3. The number of hydrogen-bond donors (Lipinski definition) is 3. The van der Waals surface area contributed by atoms with E-state index in [4.69, 9.17) is 23.2 Å². The van der Waals surface area contributed by atoms with Gasteiger partial charge in [-0.1, -0.05) is 53.5 Å². The molecular weight excluding hydrogens is 441 g/mol. The van der Waals surface area contributed by atoms with Gasteiger partial charge in [0.2, 0.25) is 0 Å². The van der Waals surface area contributed by atoms with Crippen molar-refractivity contribution in [3.05, 3.63) is 82.3 Å². The fourth-order valence-corrected chi connectivity index (χ4v) is 5.42. The van der Waals surface area contributed by atoms with Gasteiger partial charge in [0.1, 0.15) is 45.4 Å². The summed E-state index contributed by atoms with van der Waals surface area (Å²) in [6.45, 7) is 6.89. The molecule has 0 aliphatic carbocycles. The number of fused-ring (bicyclic) bond motifs is 3. The molecule has 4 nitrogen and oxygen atoms in total. The number of aliphatic hydroxyl groups is 1. The van der Waals surface area contributed by atoms with Gasteiger partial charge >= 0.3 is 0 Å². The molecule has 1 aliphatic heterocycles. The van der Waals surface area contributed by atoms with Gasteiger partial charge in [0.15, 0.2) is 0 Å². The molecule has 0 bridgehead atoms. The van der Waals surface area contributed by atoms with E-state index in [9.17, 15) is 5.11 Å². The summed E-state index contributed by atoms with van der Waals surface area (Å²) in [6, 6.07) is 22.6. The number of nitrogens with zero attached hydrogens (tertiary/aromatic N) is 1. The monoisotopic (exact) mass is 469 g/mol. The maximum Gasteiger partial charge on any atom is 0.127 e. The van der Waals surface area contributed by atoms with E-state index in [0.717, 1.165) is 61.1 Å². The van der Waals surface area contributed by atoms with Gasteiger partial charge in [0.25, 0.3) is 0 Å². The van der Waals surface area contributed by atoms with Crippen molar-refractivity contribution in [2.24, 2.45) is 0 Å². The molecule has 6 heteroatoms. The molecule has 0 spiro atoms. The largest absolute Gasteiger partial charge is 0.385 e. The summed E-state index contributed by atoms with van der Waals surface area (Å²) in [5.74, 6) is 0. The standard InChI is InChI=1S/C26H27Cl2N3O/c27-20-6-8-25-23(14-20)24-15-21(28)7-9-26(24)31(25)18-22(32)17-30-12-10-29(11-13-30)16-19-4-2-1-3-5-19/h1-9,14-15,22,32H,10-13,16-18H2/p+2/t22-/m1/s1. The zero-order chi connectivity index (χ0) is 22.1. The molecule has 1 fully saturated rings. The number of halogens is 2. The molecule has 3 aromatic carbocycles. The van der Waals surface area contributed by atoms with Crippen LogP contribution in [0.1, 0.15) is 5.56 Å². The highest BCUT2D eigenvalue weighted by atomic mass is 35.5. The highest BCUT2D eigenvalue weighted by Gasteiger charge is 2.25. The van der Waals surface area contributed by atoms with Gasteiger partial charge in [0.05, 0.1) is 6.54 Å². The van der Waals surface area contributed by atoms with Crippen molar-refractivity contribution in [1.29, 1.82) is 0 Å². The van der Waals surface area contributed by atoms with Crippen molar-refractivity contribution in [2.75, 3.05) is 32.7 Å². The Kier molecular flexibility index (Phi) is 6.40. The molecule has 2 heterocycles. The normalized spacial score (nSPS) is 20.1. The van der Waals surface area contributed by atoms with Crippen LogP contribution < -0.4 is 9.80 Å². The zero-order valence-electron chi connectivity index (χ0n) is 18.0. The summed E-state index contributed by atoms with van der Waals surface area (Å²) in [7, 11) is 0. The molecule has 1 aromatic heterocycles. The summed E-state index contributed by atoms with van der Waals surface area (Å²) >= 11 is 12.5. The van der Waals surface area contributed by atoms with Crippen LogP contribution in [0.4, 0.5) is 0 Å². The summed E-state index contributed by atoms with van der Waals surface area (Å²) in [6.07, 6.45) is -0.411. The van der Waals surface area contributed by atoms with Crippen LogP contribution in [0.3, 0.4) is 0 Å². The average Bonchev–Trinajstić information content (AvgIpc) is 3.08. The lowest BCUT2D eigenvalue weighted by molar-refractivity contribution is -1.02. The second-order valence-corrected chi connectivity index (χ2v) is 9.83. The Morgan fingerprint density at radius 2 is 1.34 bits per heavy atom. The topological polar surface area (TPSA) is 34.0 Å². The SMILES string of the molecule is O[C@@H](Cn1c2ccc(Cl)cc2c2cc(Cl)ccc21)C[NH+]1CC[NH+](Cc2ccccc2)CC1. The number of piperazine rings is 1. The molecule has 166 valence electrons. The highest BCUT2D eigenvalue weighted by Crippen LogP contribution is 2.32. The van der Waals surface area contributed by atoms with Gasteiger partial charge in [-0.25, -0.2) is 0 Å². The third-order valence-corrected chi connectivity index (χ3v) is 7.14. The third kappa shape index (κ3) is 4.66. The van der Waals surface area contributed by atoms with Crippen LogP contribution in [0, 0.1) is 0 Å². The summed E-state index contributed by atoms with van der Waals surface area (Å²) < 4.78 is 2.21. The zero-order valence-corrected chi connectivity index (χ0v) is 19.5. The lowest BCUT2D eigenvalue weighted by Gasteiger charge is -2.31. The minimum Gasteiger partial charge on any atom is -0.385 e. The first-order valence-corrected chi connectivity index (χ1v) is 12.1. The molecule has 1 atom stereocenters. The van der Waals surface area contributed by atoms with Crippen molar-refractivity contribution in [2.45, 2.75) is 19.2 Å². The predicted octanol–water partition coefficient (Wildman–Crippen LogP) is 2.45. The van der Waals surface area contributed by atoms with Crippen LogP contribution in [-0.2, 0) is 13.1 Å². The van der Waals surface area contributed by atoms with E-state index in [1.54, 1.807) is 4.90 Å². The van der Waals surface area contributed by atoms with Crippen LogP contribution in [0.5, 0.6) is 0 Å². The Labute approximate surface area is 198 Å². The fourth-order valence-electron chi connectivity index (χ4n) is 5.08. The Morgan fingerprint density at radius 3 is 1.94 bits per heavy atom. The predicted molar refractivity (Wildman–Crippen MR) is 132 cm³/mol. The second-order valence-electron chi connectivity index (χ2n) is 8.95. The first-order valence-electron chi connectivity index (χ1n) is 11.3. The molecule has 3 N–H and O–H groups in total. The quantitative estimate of drug-likeness (QED) is 0.398. The van der Waals surface area contributed by atoms with Crippen LogP contribution in [0.15, 0.2) is 66.7 Å². The van der Waals surface area contributed by atoms with Gasteiger partial charge in [-0.2, -0.15) is 0 Å². The van der Waals surface area contributed by atoms with Crippen LogP contribution in [0.2, 0.25) is 10.0 Å². The van der Waals surface area contributed by atoms with Gasteiger partial charge in [-0.3, -0.25) is 0 Å². The first kappa shape index (κ1) is 21.7. The van der Waals surface area contributed by atoms with Crippen LogP contribution in [-0.4, -0.2) is 48.5 Å². The van der Waals surface area contributed by atoms with Crippen molar-refractivity contribution in [1.82, 2.24) is 4.57 Å². The molecule has 0 unspecified atom stereocenters. The maximum atomic E-state index is 11.0. The summed E-state index contributed by atoms with van der Waals surface area (Å²) in [4.78, 5) is 3.12. The number of aliphatic hydroxyl groups excluding tert-OH is 1. The molecular formula is C26H29Cl2N3O+2. The van der Waals surface area contributed by atoms with Crippen LogP contribution in [0.25, 0.3) is 21.8 Å². The molecule has 32 heavy (non-hydrogen) atoms. The van der Waals surface area contributed by atoms with Crippen molar-refractivity contribution >= 4 is 45.0 Å². The number of hydrogen-bond acceptors (Lipinski definition) is 1. The van der Waals surface area contributed by atoms with E-state index in [2.05, 4.69) is 34.9 Å². The van der Waals surface area contributed by atoms with Crippen molar-refractivity contribution < 1.29 is 14.9 Å². The number of rotatable bonds is 6. The smallest absolute Gasteiger partial charge is 0.127 e. The van der Waals surface area contributed by atoms with Crippen LogP contribution >= 0.6 is 23.2 Å². The highest BCUT2D eigenvalue weighted by molar-refractivity contribution is 6.33. The Balaban J connectivity index is 1.26. The van der Waals surface area contributed by atoms with Gasteiger partial charge in [-0.05, 0) is 36.4 Å². The molecule has 1 saturated heterocycles. The van der Waals surface area contributed by atoms with E-state index in [1.165, 1.54) is 10.5 Å². The Morgan fingerprint density at radius 1 is 0.781 bits per heavy atom. The van der Waals surface area contributed by atoms with Gasteiger partial charge in [-0.15, -0.1) is 0 Å². The third-order valence-electron chi connectivity index (χ3n) is 6.67. The Hall–Kier alpha value is -2.08. The second kappa shape index (κ2) is 9.42. The number of quaternary nitrogens is 2. The average molecular weight is 470 g/mol. The molecule has 1 aliphatic rings. The first-order chi connectivity index (χ1) is 15.6. The minimum atomic E-state index is -0.411. The Bertz CT molecular complexity index is 1160. The molecule has 4 aromatic rings. The van der Waals surface area contributed by atoms with E-state index >= 15 is 0 Å². The summed E-state index contributed by atoms with van der Waals surface area (Å²) in [5.41, 5.74) is 3.56. The van der Waals surface area contributed by atoms with Gasteiger partial charge < -0.3 is 19.5 Å². The minimum absolute atomic E-state index is 0.411. The maximum absolute atomic E-state index is 11.0. The van der Waals surface area contributed by atoms with E-state index in [1.807, 2.05) is 36.4 Å². The van der Waals surface area contributed by atoms with E-state index in [-0.39, 0.29) is 0 Å². The lowest BCUT2D eigenvalue weighted by atomic mass is 10.1. The number of nitrogens with one attached hydrogen (secondary N) is 2. The van der Waals surface area contributed by atoms with Crippen molar-refractivity contribution in [3.63, 3.8) is 0 Å². The lowest BCUT2D eigenvalue weighted by Crippen LogP contribution is -3.28. The van der Waals surface area contributed by atoms with E-state index < -0.39 is 6.10 Å². The van der Waals surface area contributed by atoms with E-state index in [0.29, 0.717) is 16.6 Å². The molecule has 0 saturated carbocycles. The number of aromatic nitrogens is 1. The molecule has 0 radical (unpaired) electrons. The van der Waals surface area contributed by atoms with Gasteiger partial charge in [0, 0.05) is 37.4 Å². The molecule has 5 rings (SSSR count). The molecule has 0 amide bonds.